The minimum Gasteiger partial charge on any atom is -0.507 e. The third-order valence-electron chi connectivity index (χ3n) is 5.30. The molecular weight excluding hydrogens is 338 g/mol. The second-order valence-electron chi connectivity index (χ2n) is 7.27. The molecule has 1 saturated heterocycles. The van der Waals surface area contributed by atoms with E-state index in [1.165, 1.54) is 0 Å². The lowest BCUT2D eigenvalue weighted by atomic mass is 9.96. The first-order valence-electron chi connectivity index (χ1n) is 9.47. The number of anilines is 1. The van der Waals surface area contributed by atoms with Gasteiger partial charge in [0, 0.05) is 43.8 Å². The number of hydrogen-bond acceptors (Lipinski definition) is 5. The van der Waals surface area contributed by atoms with Crippen molar-refractivity contribution in [2.75, 3.05) is 18.0 Å². The zero-order valence-electron chi connectivity index (χ0n) is 15.8. The predicted molar refractivity (Wildman–Crippen MR) is 106 cm³/mol. The molecule has 0 amide bonds. The van der Waals surface area contributed by atoms with Gasteiger partial charge in [0.2, 0.25) is 0 Å². The van der Waals surface area contributed by atoms with Gasteiger partial charge in [0.15, 0.2) is 5.82 Å². The fraction of sp³-hybridized carbons (Fsp3) is 0.381. The van der Waals surface area contributed by atoms with Crippen LogP contribution in [0.15, 0.2) is 42.7 Å². The molecule has 0 bridgehead atoms. The maximum atomic E-state index is 10.1. The van der Waals surface area contributed by atoms with E-state index in [4.69, 9.17) is 4.98 Å². The summed E-state index contributed by atoms with van der Waals surface area (Å²) in [5, 5.41) is 10.1. The van der Waals surface area contributed by atoms with Crippen molar-refractivity contribution in [2.45, 2.75) is 33.2 Å². The number of hydrogen-bond donors (Lipinski definition) is 1. The SMILES string of the molecule is Cc1cc(N2CCC(Cn3ccnc3C)CC2)nc(-c2ccccc2O)n1. The molecule has 6 heteroatoms. The van der Waals surface area contributed by atoms with E-state index in [-0.39, 0.29) is 5.75 Å². The quantitative estimate of drug-likeness (QED) is 0.767. The van der Waals surface area contributed by atoms with E-state index in [0.29, 0.717) is 17.3 Å². The fourth-order valence-electron chi connectivity index (χ4n) is 3.72. The Morgan fingerprint density at radius 2 is 1.89 bits per heavy atom. The van der Waals surface area contributed by atoms with Crippen LogP contribution >= 0.6 is 0 Å². The van der Waals surface area contributed by atoms with Gasteiger partial charge in [-0.3, -0.25) is 0 Å². The molecule has 0 aliphatic carbocycles. The minimum absolute atomic E-state index is 0.212. The smallest absolute Gasteiger partial charge is 0.165 e. The highest BCUT2D eigenvalue weighted by atomic mass is 16.3. The van der Waals surface area contributed by atoms with Crippen LogP contribution in [0.4, 0.5) is 5.82 Å². The summed E-state index contributed by atoms with van der Waals surface area (Å²) in [6.07, 6.45) is 6.20. The molecule has 0 unspecified atom stereocenters. The van der Waals surface area contributed by atoms with Gasteiger partial charge in [0.1, 0.15) is 17.4 Å². The van der Waals surface area contributed by atoms with Gasteiger partial charge >= 0.3 is 0 Å². The molecule has 140 valence electrons. The summed E-state index contributed by atoms with van der Waals surface area (Å²) in [5.74, 6) is 3.48. The number of imidazole rings is 1. The van der Waals surface area contributed by atoms with Gasteiger partial charge in [-0.1, -0.05) is 12.1 Å². The number of aryl methyl sites for hydroxylation is 2. The predicted octanol–water partition coefficient (Wildman–Crippen LogP) is 3.58. The van der Waals surface area contributed by atoms with Gasteiger partial charge in [-0.2, -0.15) is 0 Å². The molecule has 1 N–H and O–H groups in total. The van der Waals surface area contributed by atoms with E-state index in [1.54, 1.807) is 6.07 Å². The third kappa shape index (κ3) is 3.79. The summed E-state index contributed by atoms with van der Waals surface area (Å²) in [6, 6.07) is 9.26. The van der Waals surface area contributed by atoms with Crippen LogP contribution in [0.25, 0.3) is 11.4 Å². The summed E-state index contributed by atoms with van der Waals surface area (Å²) in [7, 11) is 0. The lowest BCUT2D eigenvalue weighted by Crippen LogP contribution is -2.35. The van der Waals surface area contributed by atoms with Crippen LogP contribution in [0.2, 0.25) is 0 Å². The Morgan fingerprint density at radius 3 is 2.59 bits per heavy atom. The van der Waals surface area contributed by atoms with Gasteiger partial charge in [-0.05, 0) is 44.7 Å². The van der Waals surface area contributed by atoms with Gasteiger partial charge < -0.3 is 14.6 Å². The molecule has 4 rings (SSSR count). The number of aromatic hydroxyl groups is 1. The Hall–Kier alpha value is -2.89. The Morgan fingerprint density at radius 1 is 1.11 bits per heavy atom. The van der Waals surface area contributed by atoms with Crippen LogP contribution in [0, 0.1) is 19.8 Å². The third-order valence-corrected chi connectivity index (χ3v) is 5.30. The van der Waals surface area contributed by atoms with Crippen molar-refractivity contribution >= 4 is 5.82 Å². The molecule has 1 aliphatic heterocycles. The molecule has 3 aromatic rings. The van der Waals surface area contributed by atoms with E-state index in [0.717, 1.165) is 49.8 Å². The summed E-state index contributed by atoms with van der Waals surface area (Å²) < 4.78 is 2.24. The van der Waals surface area contributed by atoms with Gasteiger partial charge in [0.25, 0.3) is 0 Å². The first kappa shape index (κ1) is 17.5. The lowest BCUT2D eigenvalue weighted by Gasteiger charge is -2.33. The molecular formula is C21H25N5O. The zero-order chi connectivity index (χ0) is 18.8. The highest BCUT2D eigenvalue weighted by molar-refractivity contribution is 5.65. The van der Waals surface area contributed by atoms with Crippen LogP contribution in [-0.4, -0.2) is 37.7 Å². The summed E-state index contributed by atoms with van der Waals surface area (Å²) in [5.41, 5.74) is 1.59. The van der Waals surface area contributed by atoms with Crippen molar-refractivity contribution in [3.63, 3.8) is 0 Å². The maximum absolute atomic E-state index is 10.1. The summed E-state index contributed by atoms with van der Waals surface area (Å²) in [4.78, 5) is 15.9. The average molecular weight is 363 g/mol. The molecule has 1 aromatic carbocycles. The standard InChI is InChI=1S/C21H25N5O/c1-15-13-20(24-21(23-15)18-5-3-4-6-19(18)27)25-10-7-17(8-11-25)14-26-12-9-22-16(26)2/h3-6,9,12-13,17,27H,7-8,10-11,14H2,1-2H3. The number of aromatic nitrogens is 4. The first-order valence-corrected chi connectivity index (χ1v) is 9.47. The van der Waals surface area contributed by atoms with E-state index in [2.05, 4.69) is 32.6 Å². The van der Waals surface area contributed by atoms with Gasteiger partial charge in [-0.15, -0.1) is 0 Å². The largest absolute Gasteiger partial charge is 0.507 e. The molecule has 3 heterocycles. The zero-order valence-corrected chi connectivity index (χ0v) is 15.8. The fourth-order valence-corrected chi connectivity index (χ4v) is 3.72. The van der Waals surface area contributed by atoms with Crippen molar-refractivity contribution in [3.05, 3.63) is 54.2 Å². The number of nitrogens with zero attached hydrogens (tertiary/aromatic N) is 5. The Labute approximate surface area is 159 Å². The van der Waals surface area contributed by atoms with Crippen molar-refractivity contribution in [1.82, 2.24) is 19.5 Å². The number of piperidine rings is 1. The molecule has 1 aliphatic rings. The molecule has 0 spiro atoms. The van der Waals surface area contributed by atoms with Crippen molar-refractivity contribution in [2.24, 2.45) is 5.92 Å². The van der Waals surface area contributed by atoms with Crippen LogP contribution in [0.5, 0.6) is 5.75 Å². The van der Waals surface area contributed by atoms with E-state index >= 15 is 0 Å². The number of benzene rings is 1. The molecule has 0 radical (unpaired) electrons. The molecule has 2 aromatic heterocycles. The van der Waals surface area contributed by atoms with Gasteiger partial charge in [-0.25, -0.2) is 15.0 Å². The van der Waals surface area contributed by atoms with E-state index < -0.39 is 0 Å². The topological polar surface area (TPSA) is 67.1 Å². The molecule has 1 fully saturated rings. The highest BCUT2D eigenvalue weighted by Crippen LogP contribution is 2.29. The number of phenolic OH excluding ortho intramolecular Hbond substituents is 1. The van der Waals surface area contributed by atoms with Gasteiger partial charge in [0.05, 0.1) is 5.56 Å². The van der Waals surface area contributed by atoms with Crippen molar-refractivity contribution < 1.29 is 5.11 Å². The number of para-hydroxylation sites is 1. The molecule has 0 atom stereocenters. The summed E-state index contributed by atoms with van der Waals surface area (Å²) in [6.45, 7) is 7.03. The Balaban J connectivity index is 1.48. The van der Waals surface area contributed by atoms with Crippen LogP contribution in [0.3, 0.4) is 0 Å². The summed E-state index contributed by atoms with van der Waals surface area (Å²) >= 11 is 0. The lowest BCUT2D eigenvalue weighted by molar-refractivity contribution is 0.353. The number of rotatable bonds is 4. The Kier molecular flexibility index (Phi) is 4.79. The number of phenols is 1. The van der Waals surface area contributed by atoms with Crippen molar-refractivity contribution in [1.29, 1.82) is 0 Å². The van der Waals surface area contributed by atoms with E-state index in [9.17, 15) is 5.11 Å². The van der Waals surface area contributed by atoms with Crippen LogP contribution in [-0.2, 0) is 6.54 Å². The minimum atomic E-state index is 0.212. The van der Waals surface area contributed by atoms with Crippen LogP contribution < -0.4 is 4.90 Å². The molecule has 0 saturated carbocycles. The monoisotopic (exact) mass is 363 g/mol. The second kappa shape index (κ2) is 7.39. The molecule has 6 nitrogen and oxygen atoms in total. The molecule has 27 heavy (non-hydrogen) atoms. The van der Waals surface area contributed by atoms with Crippen LogP contribution in [0.1, 0.15) is 24.4 Å². The Bertz CT molecular complexity index is 928. The normalized spacial score (nSPS) is 15.3. The van der Waals surface area contributed by atoms with E-state index in [1.807, 2.05) is 37.4 Å². The second-order valence-corrected chi connectivity index (χ2v) is 7.27. The maximum Gasteiger partial charge on any atom is 0.165 e. The highest BCUT2D eigenvalue weighted by Gasteiger charge is 2.22. The average Bonchev–Trinajstić information content (AvgIpc) is 3.07. The first-order chi connectivity index (χ1) is 13.1. The van der Waals surface area contributed by atoms with Crippen molar-refractivity contribution in [3.8, 4) is 17.1 Å².